The predicted molar refractivity (Wildman–Crippen MR) is 64.0 cm³/mol. The zero-order valence-corrected chi connectivity index (χ0v) is 10.1. The molecule has 5 heteroatoms. The average molecular weight is 243 g/mol. The molecule has 1 rings (SSSR count). The van der Waals surface area contributed by atoms with E-state index in [0.717, 1.165) is 0 Å². The van der Waals surface area contributed by atoms with E-state index in [1.165, 1.54) is 23.4 Å². The van der Waals surface area contributed by atoms with E-state index in [0.29, 0.717) is 13.0 Å². The largest absolute Gasteiger partial charge is 0.367 e. The number of H-pyrrole nitrogens is 1. The summed E-state index contributed by atoms with van der Waals surface area (Å²) in [5.41, 5.74) is -0.109. The molecule has 1 N–H and O–H groups in total. The van der Waals surface area contributed by atoms with E-state index in [-0.39, 0.29) is 22.3 Å². The minimum absolute atomic E-state index is 0.0179. The zero-order valence-electron chi connectivity index (χ0n) is 9.37. The van der Waals surface area contributed by atoms with Gasteiger partial charge in [0.25, 0.3) is 5.91 Å². The number of alkyl halides is 1. The predicted octanol–water partition coefficient (Wildman–Crippen LogP) is 1.46. The van der Waals surface area contributed by atoms with Gasteiger partial charge in [0.05, 0.1) is 0 Å². The van der Waals surface area contributed by atoms with E-state index in [2.05, 4.69) is 4.98 Å². The molecule has 0 bridgehead atoms. The van der Waals surface area contributed by atoms with Crippen LogP contribution in [0.3, 0.4) is 0 Å². The number of nitrogens with zero attached hydrogens (tertiary/aromatic N) is 1. The van der Waals surface area contributed by atoms with Crippen molar-refractivity contribution >= 4 is 17.5 Å². The first-order valence-electron chi connectivity index (χ1n) is 5.09. The van der Waals surface area contributed by atoms with E-state index in [1.54, 1.807) is 7.05 Å². The summed E-state index contributed by atoms with van der Waals surface area (Å²) >= 11 is 5.80. The summed E-state index contributed by atoms with van der Waals surface area (Å²) in [5, 5.41) is 0.0179. The highest BCUT2D eigenvalue weighted by Crippen LogP contribution is 2.03. The first-order valence-corrected chi connectivity index (χ1v) is 5.52. The number of hydrogen-bond acceptors (Lipinski definition) is 2. The fraction of sp³-hybridized carbons (Fsp3) is 0.455. The number of halogens is 1. The molecule has 0 aliphatic carbocycles. The van der Waals surface area contributed by atoms with Crippen LogP contribution in [0, 0.1) is 0 Å². The lowest BCUT2D eigenvalue weighted by Gasteiger charge is -2.17. The quantitative estimate of drug-likeness (QED) is 0.813. The van der Waals surface area contributed by atoms with Crippen LogP contribution in [0.5, 0.6) is 0 Å². The highest BCUT2D eigenvalue weighted by atomic mass is 35.5. The van der Waals surface area contributed by atoms with Crippen LogP contribution in [-0.2, 0) is 0 Å². The second-order valence-corrected chi connectivity index (χ2v) is 4.46. The molecule has 0 aromatic carbocycles. The maximum absolute atomic E-state index is 11.8. The van der Waals surface area contributed by atoms with E-state index in [9.17, 15) is 9.59 Å². The summed E-state index contributed by atoms with van der Waals surface area (Å²) in [6.07, 6.45) is 3.62. The van der Waals surface area contributed by atoms with E-state index < -0.39 is 0 Å². The monoisotopic (exact) mass is 242 g/mol. The number of pyridine rings is 1. The van der Waals surface area contributed by atoms with Gasteiger partial charge in [-0.3, -0.25) is 9.59 Å². The Morgan fingerprint density at radius 3 is 2.88 bits per heavy atom. The SMILES string of the molecule is CC(Cl)CCN(C)C(=O)c1c[nH]ccc1=O. The Morgan fingerprint density at radius 1 is 1.62 bits per heavy atom. The Balaban J connectivity index is 2.71. The van der Waals surface area contributed by atoms with Crippen molar-refractivity contribution in [2.45, 2.75) is 18.7 Å². The third-order valence-electron chi connectivity index (χ3n) is 2.26. The van der Waals surface area contributed by atoms with Gasteiger partial charge in [0, 0.05) is 37.4 Å². The minimum atomic E-state index is -0.279. The van der Waals surface area contributed by atoms with E-state index >= 15 is 0 Å². The molecule has 0 spiro atoms. The third kappa shape index (κ3) is 3.38. The minimum Gasteiger partial charge on any atom is -0.367 e. The normalized spacial score (nSPS) is 12.2. The summed E-state index contributed by atoms with van der Waals surface area (Å²) in [6.45, 7) is 2.41. The molecule has 0 aliphatic heterocycles. The lowest BCUT2D eigenvalue weighted by molar-refractivity contribution is 0.0792. The Labute approximate surface area is 99.2 Å². The standard InChI is InChI=1S/C11H15ClN2O2/c1-8(12)4-6-14(2)11(16)9-7-13-5-3-10(9)15/h3,5,7-8H,4,6H2,1-2H3,(H,13,15). The lowest BCUT2D eigenvalue weighted by Crippen LogP contribution is -2.32. The highest BCUT2D eigenvalue weighted by Gasteiger charge is 2.14. The Morgan fingerprint density at radius 2 is 2.31 bits per heavy atom. The maximum atomic E-state index is 11.8. The molecule has 4 nitrogen and oxygen atoms in total. The molecule has 1 aromatic rings. The van der Waals surface area contributed by atoms with Crippen LogP contribution in [0.2, 0.25) is 0 Å². The molecule has 1 aromatic heterocycles. The fourth-order valence-corrected chi connectivity index (χ4v) is 1.36. The van der Waals surface area contributed by atoms with Gasteiger partial charge in [-0.25, -0.2) is 0 Å². The van der Waals surface area contributed by atoms with Crippen molar-refractivity contribution in [2.75, 3.05) is 13.6 Å². The Hall–Kier alpha value is -1.29. The molecular formula is C11H15ClN2O2. The number of amides is 1. The van der Waals surface area contributed by atoms with Gasteiger partial charge in [0.2, 0.25) is 0 Å². The number of aromatic amines is 1. The van der Waals surface area contributed by atoms with Crippen LogP contribution in [0.15, 0.2) is 23.3 Å². The summed E-state index contributed by atoms with van der Waals surface area (Å²) in [4.78, 5) is 27.5. The topological polar surface area (TPSA) is 53.2 Å². The van der Waals surface area contributed by atoms with Crippen molar-refractivity contribution in [3.05, 3.63) is 34.2 Å². The van der Waals surface area contributed by atoms with Gasteiger partial charge in [-0.2, -0.15) is 0 Å². The number of hydrogen-bond donors (Lipinski definition) is 1. The number of nitrogens with one attached hydrogen (secondary N) is 1. The molecular weight excluding hydrogens is 228 g/mol. The van der Waals surface area contributed by atoms with Crippen molar-refractivity contribution in [1.29, 1.82) is 0 Å². The molecule has 1 unspecified atom stereocenters. The van der Waals surface area contributed by atoms with E-state index in [1.807, 2.05) is 6.92 Å². The molecule has 0 saturated carbocycles. The van der Waals surface area contributed by atoms with Crippen molar-refractivity contribution < 1.29 is 4.79 Å². The summed E-state index contributed by atoms with van der Waals surface area (Å²) in [5.74, 6) is -0.279. The second kappa shape index (κ2) is 5.70. The van der Waals surface area contributed by atoms with E-state index in [4.69, 9.17) is 11.6 Å². The molecule has 0 aliphatic rings. The third-order valence-corrected chi connectivity index (χ3v) is 2.48. The summed E-state index contributed by atoms with van der Waals surface area (Å²) in [6, 6.07) is 1.34. The van der Waals surface area contributed by atoms with Crippen molar-refractivity contribution in [3.63, 3.8) is 0 Å². The van der Waals surface area contributed by atoms with Crippen LogP contribution in [0.1, 0.15) is 23.7 Å². The van der Waals surface area contributed by atoms with Gasteiger partial charge in [-0.1, -0.05) is 0 Å². The number of aromatic nitrogens is 1. The molecule has 88 valence electrons. The molecule has 16 heavy (non-hydrogen) atoms. The van der Waals surface area contributed by atoms with Crippen molar-refractivity contribution in [3.8, 4) is 0 Å². The molecule has 0 radical (unpaired) electrons. The van der Waals surface area contributed by atoms with Crippen molar-refractivity contribution in [2.24, 2.45) is 0 Å². The van der Waals surface area contributed by atoms with Gasteiger partial charge in [-0.15, -0.1) is 11.6 Å². The number of carbonyl (C=O) groups excluding carboxylic acids is 1. The van der Waals surface area contributed by atoms with Gasteiger partial charge in [0.15, 0.2) is 5.43 Å². The first kappa shape index (κ1) is 12.8. The van der Waals surface area contributed by atoms with Gasteiger partial charge in [-0.05, 0) is 13.3 Å². The second-order valence-electron chi connectivity index (χ2n) is 3.72. The maximum Gasteiger partial charge on any atom is 0.259 e. The Bertz CT molecular complexity index is 414. The average Bonchev–Trinajstić information content (AvgIpc) is 2.25. The van der Waals surface area contributed by atoms with Crippen molar-refractivity contribution in [1.82, 2.24) is 9.88 Å². The van der Waals surface area contributed by atoms with Crippen LogP contribution in [0.4, 0.5) is 0 Å². The molecule has 1 atom stereocenters. The van der Waals surface area contributed by atoms with Gasteiger partial charge >= 0.3 is 0 Å². The Kier molecular flexibility index (Phi) is 4.55. The highest BCUT2D eigenvalue weighted by molar-refractivity contribution is 6.20. The van der Waals surface area contributed by atoms with Gasteiger partial charge < -0.3 is 9.88 Å². The molecule has 0 fully saturated rings. The van der Waals surface area contributed by atoms with Crippen LogP contribution >= 0.6 is 11.6 Å². The zero-order chi connectivity index (χ0) is 12.1. The lowest BCUT2D eigenvalue weighted by atomic mass is 10.2. The molecule has 1 heterocycles. The summed E-state index contributed by atoms with van der Waals surface area (Å²) < 4.78 is 0. The first-order chi connectivity index (χ1) is 7.52. The van der Waals surface area contributed by atoms with Gasteiger partial charge in [0.1, 0.15) is 5.56 Å². The smallest absolute Gasteiger partial charge is 0.259 e. The molecule has 1 amide bonds. The summed E-state index contributed by atoms with van der Waals surface area (Å²) in [7, 11) is 1.66. The number of carbonyl (C=O) groups is 1. The molecule has 0 saturated heterocycles. The van der Waals surface area contributed by atoms with Crippen LogP contribution in [0.25, 0.3) is 0 Å². The fourth-order valence-electron chi connectivity index (χ4n) is 1.26. The van der Waals surface area contributed by atoms with Crippen LogP contribution in [-0.4, -0.2) is 34.8 Å². The van der Waals surface area contributed by atoms with Crippen LogP contribution < -0.4 is 5.43 Å². The number of rotatable bonds is 4.